The van der Waals surface area contributed by atoms with Crippen LogP contribution in [0, 0.1) is 0 Å². The highest BCUT2D eigenvalue weighted by Gasteiger charge is 2.20. The molecule has 3 rings (SSSR count). The summed E-state index contributed by atoms with van der Waals surface area (Å²) in [5, 5.41) is 5.48. The van der Waals surface area contributed by atoms with Gasteiger partial charge in [0, 0.05) is 38.8 Å². The van der Waals surface area contributed by atoms with Gasteiger partial charge < -0.3 is 5.32 Å². The number of nitrogens with one attached hydrogen (secondary N) is 1. The van der Waals surface area contributed by atoms with Crippen molar-refractivity contribution >= 4 is 34.8 Å². The number of hydrogen-bond acceptors (Lipinski definition) is 1. The van der Waals surface area contributed by atoms with Gasteiger partial charge in [0.2, 0.25) is 0 Å². The lowest BCUT2D eigenvalue weighted by molar-refractivity contribution is 0.688. The lowest BCUT2D eigenvalue weighted by atomic mass is 10.0. The second-order valence-corrected chi connectivity index (χ2v) is 6.34. The molecule has 0 spiro atoms. The van der Waals surface area contributed by atoms with E-state index in [0.717, 1.165) is 17.7 Å². The Morgan fingerprint density at radius 2 is 1.70 bits per heavy atom. The highest BCUT2D eigenvalue weighted by atomic mass is 35.5. The maximum Gasteiger partial charge on any atom is 0.0488 e. The van der Waals surface area contributed by atoms with Crippen molar-refractivity contribution in [1.29, 1.82) is 0 Å². The predicted octanol–water partition coefficient (Wildman–Crippen LogP) is 5.57. The highest BCUT2D eigenvalue weighted by molar-refractivity contribution is 6.37. The summed E-state index contributed by atoms with van der Waals surface area (Å²) in [7, 11) is 0. The standard InChI is InChI=1S/C16H14Cl3N/c17-11-2-6-15(18)14(8-11)13-5-1-10(7-16(13)19)9-20-12-3-4-12/h1-2,5-8,12,20H,3-4,9H2. The van der Waals surface area contributed by atoms with E-state index in [0.29, 0.717) is 21.1 Å². The van der Waals surface area contributed by atoms with Crippen molar-refractivity contribution in [3.63, 3.8) is 0 Å². The summed E-state index contributed by atoms with van der Waals surface area (Å²) in [6.45, 7) is 0.855. The van der Waals surface area contributed by atoms with Crippen LogP contribution in [0.2, 0.25) is 15.1 Å². The minimum absolute atomic E-state index is 0.653. The Bertz CT molecular complexity index is 636. The molecule has 0 aromatic heterocycles. The molecule has 20 heavy (non-hydrogen) atoms. The molecule has 0 amide bonds. The number of benzene rings is 2. The van der Waals surface area contributed by atoms with Crippen LogP contribution < -0.4 is 5.32 Å². The van der Waals surface area contributed by atoms with Crippen LogP contribution >= 0.6 is 34.8 Å². The number of hydrogen-bond donors (Lipinski definition) is 1. The van der Waals surface area contributed by atoms with Crippen molar-refractivity contribution in [2.24, 2.45) is 0 Å². The molecule has 0 atom stereocenters. The van der Waals surface area contributed by atoms with Crippen LogP contribution in [0.1, 0.15) is 18.4 Å². The lowest BCUT2D eigenvalue weighted by Crippen LogP contribution is -2.15. The second-order valence-electron chi connectivity index (χ2n) is 5.09. The Morgan fingerprint density at radius 3 is 2.40 bits per heavy atom. The van der Waals surface area contributed by atoms with Gasteiger partial charge in [0.05, 0.1) is 0 Å². The van der Waals surface area contributed by atoms with Crippen LogP contribution in [0.4, 0.5) is 0 Å². The predicted molar refractivity (Wildman–Crippen MR) is 86.8 cm³/mol. The van der Waals surface area contributed by atoms with E-state index in [1.807, 2.05) is 18.2 Å². The van der Waals surface area contributed by atoms with Gasteiger partial charge in [0.15, 0.2) is 0 Å². The third-order valence-corrected chi connectivity index (χ3v) is 4.30. The zero-order valence-electron chi connectivity index (χ0n) is 10.8. The topological polar surface area (TPSA) is 12.0 Å². The molecule has 104 valence electrons. The molecule has 4 heteroatoms. The molecule has 2 aromatic carbocycles. The first-order chi connectivity index (χ1) is 9.63. The van der Waals surface area contributed by atoms with Crippen LogP contribution in [0.15, 0.2) is 36.4 Å². The highest BCUT2D eigenvalue weighted by Crippen LogP contribution is 2.35. The van der Waals surface area contributed by atoms with Crippen LogP contribution in [0.5, 0.6) is 0 Å². The summed E-state index contributed by atoms with van der Waals surface area (Å²) in [5.74, 6) is 0. The summed E-state index contributed by atoms with van der Waals surface area (Å²) in [4.78, 5) is 0. The van der Waals surface area contributed by atoms with Gasteiger partial charge in [-0.25, -0.2) is 0 Å². The van der Waals surface area contributed by atoms with Gasteiger partial charge >= 0.3 is 0 Å². The molecule has 1 aliphatic carbocycles. The van der Waals surface area contributed by atoms with Crippen molar-refractivity contribution < 1.29 is 0 Å². The second kappa shape index (κ2) is 5.95. The van der Waals surface area contributed by atoms with E-state index in [4.69, 9.17) is 34.8 Å². The molecular weight excluding hydrogens is 313 g/mol. The molecule has 0 heterocycles. The van der Waals surface area contributed by atoms with Crippen LogP contribution in [0.3, 0.4) is 0 Å². The monoisotopic (exact) mass is 325 g/mol. The van der Waals surface area contributed by atoms with Gasteiger partial charge in [-0.1, -0.05) is 46.9 Å². The van der Waals surface area contributed by atoms with Gasteiger partial charge in [0.25, 0.3) is 0 Å². The van der Waals surface area contributed by atoms with E-state index < -0.39 is 0 Å². The molecule has 0 radical (unpaired) electrons. The van der Waals surface area contributed by atoms with Crippen molar-refractivity contribution in [2.45, 2.75) is 25.4 Å². The quantitative estimate of drug-likeness (QED) is 0.775. The lowest BCUT2D eigenvalue weighted by Gasteiger charge is -2.10. The Hall–Kier alpha value is -0.730. The fraction of sp³-hybridized carbons (Fsp3) is 0.250. The third kappa shape index (κ3) is 3.29. The summed E-state index contributed by atoms with van der Waals surface area (Å²) >= 11 is 18.6. The van der Waals surface area contributed by atoms with Crippen molar-refractivity contribution in [2.75, 3.05) is 0 Å². The van der Waals surface area contributed by atoms with Gasteiger partial charge in [-0.3, -0.25) is 0 Å². The van der Waals surface area contributed by atoms with Crippen molar-refractivity contribution in [1.82, 2.24) is 5.32 Å². The fourth-order valence-corrected chi connectivity index (χ4v) is 2.84. The van der Waals surface area contributed by atoms with Crippen molar-refractivity contribution in [3.8, 4) is 11.1 Å². The number of halogens is 3. The molecular formula is C16H14Cl3N. The van der Waals surface area contributed by atoms with Crippen molar-refractivity contribution in [3.05, 3.63) is 57.0 Å². The largest absolute Gasteiger partial charge is 0.310 e. The minimum Gasteiger partial charge on any atom is -0.310 e. The average molecular weight is 327 g/mol. The first-order valence-corrected chi connectivity index (χ1v) is 7.74. The molecule has 1 aliphatic rings. The molecule has 1 N–H and O–H groups in total. The first kappa shape index (κ1) is 14.2. The maximum atomic E-state index is 6.39. The Morgan fingerprint density at radius 1 is 0.900 bits per heavy atom. The molecule has 1 nitrogen and oxygen atoms in total. The Labute approximate surface area is 133 Å². The zero-order valence-corrected chi connectivity index (χ0v) is 13.1. The third-order valence-electron chi connectivity index (χ3n) is 3.42. The fourth-order valence-electron chi connectivity index (χ4n) is 2.14. The van der Waals surface area contributed by atoms with E-state index in [2.05, 4.69) is 11.4 Å². The van der Waals surface area contributed by atoms with E-state index in [1.165, 1.54) is 18.4 Å². The molecule has 1 fully saturated rings. The van der Waals surface area contributed by atoms with E-state index in [1.54, 1.807) is 12.1 Å². The summed E-state index contributed by atoms with van der Waals surface area (Å²) < 4.78 is 0. The van der Waals surface area contributed by atoms with Gasteiger partial charge in [-0.15, -0.1) is 0 Å². The van der Waals surface area contributed by atoms with Crippen LogP contribution in [-0.4, -0.2) is 6.04 Å². The summed E-state index contributed by atoms with van der Waals surface area (Å²) in [5.41, 5.74) is 2.96. The molecule has 0 unspecified atom stereocenters. The summed E-state index contributed by atoms with van der Waals surface area (Å²) in [6, 6.07) is 12.2. The zero-order chi connectivity index (χ0) is 14.1. The van der Waals surface area contributed by atoms with Gasteiger partial charge in [-0.05, 0) is 42.7 Å². The van der Waals surface area contributed by atoms with Gasteiger partial charge in [-0.2, -0.15) is 0 Å². The van der Waals surface area contributed by atoms with Crippen LogP contribution in [0.25, 0.3) is 11.1 Å². The van der Waals surface area contributed by atoms with Gasteiger partial charge in [0.1, 0.15) is 0 Å². The normalized spacial score (nSPS) is 14.6. The maximum absolute atomic E-state index is 6.39. The molecule has 0 aliphatic heterocycles. The summed E-state index contributed by atoms with van der Waals surface area (Å²) in [6.07, 6.45) is 2.56. The smallest absolute Gasteiger partial charge is 0.0488 e. The Balaban J connectivity index is 1.87. The SMILES string of the molecule is Clc1ccc(Cl)c(-c2ccc(CNC3CC3)cc2Cl)c1. The molecule has 1 saturated carbocycles. The first-order valence-electron chi connectivity index (χ1n) is 6.61. The molecule has 2 aromatic rings. The van der Waals surface area contributed by atoms with E-state index >= 15 is 0 Å². The Kier molecular flexibility index (Phi) is 4.23. The molecule has 0 saturated heterocycles. The number of rotatable bonds is 4. The molecule has 0 bridgehead atoms. The van der Waals surface area contributed by atoms with Crippen LogP contribution in [-0.2, 0) is 6.54 Å². The van der Waals surface area contributed by atoms with E-state index in [9.17, 15) is 0 Å². The average Bonchev–Trinajstić information content (AvgIpc) is 3.24. The van der Waals surface area contributed by atoms with E-state index in [-0.39, 0.29) is 0 Å². The minimum atomic E-state index is 0.653.